The van der Waals surface area contributed by atoms with Crippen LogP contribution in [0.2, 0.25) is 10.0 Å². The average molecular weight is 426 g/mol. The first-order valence-corrected chi connectivity index (χ1v) is 8.21. The predicted molar refractivity (Wildman–Crippen MR) is 99.4 cm³/mol. The molecule has 0 saturated carbocycles. The van der Waals surface area contributed by atoms with Gasteiger partial charge < -0.3 is 10.1 Å². The lowest BCUT2D eigenvalue weighted by atomic mass is 10.1. The van der Waals surface area contributed by atoms with Gasteiger partial charge in [0.25, 0.3) is 5.91 Å². The molecule has 4 nitrogen and oxygen atoms in total. The van der Waals surface area contributed by atoms with Gasteiger partial charge in [0.1, 0.15) is 17.4 Å². The van der Waals surface area contributed by atoms with Crippen LogP contribution in [0.1, 0.15) is 5.56 Å². The Morgan fingerprint density at radius 3 is 2.67 bits per heavy atom. The summed E-state index contributed by atoms with van der Waals surface area (Å²) in [5.74, 6) is -0.0352. The zero-order valence-corrected chi connectivity index (χ0v) is 15.5. The fraction of sp³-hybridized carbons (Fsp3) is 0.0588. The van der Waals surface area contributed by atoms with Crippen LogP contribution in [0.5, 0.6) is 5.75 Å². The number of carbonyl (C=O) groups excluding carboxylic acids is 1. The molecule has 7 heteroatoms. The minimum absolute atomic E-state index is 0.0857. The zero-order valence-electron chi connectivity index (χ0n) is 12.4. The molecule has 2 rings (SSSR count). The van der Waals surface area contributed by atoms with Crippen LogP contribution in [0.15, 0.2) is 46.4 Å². The molecule has 1 amide bonds. The van der Waals surface area contributed by atoms with Crippen molar-refractivity contribution in [2.45, 2.75) is 0 Å². The first-order valence-electron chi connectivity index (χ1n) is 6.66. The number of carbonyl (C=O) groups is 1. The summed E-state index contributed by atoms with van der Waals surface area (Å²) in [5, 5.41) is 12.6. The molecule has 0 aromatic heterocycles. The summed E-state index contributed by atoms with van der Waals surface area (Å²) in [6, 6.07) is 11.8. The van der Waals surface area contributed by atoms with E-state index in [1.807, 2.05) is 6.07 Å². The number of rotatable bonds is 4. The molecular weight excluding hydrogens is 415 g/mol. The number of nitriles is 1. The summed E-state index contributed by atoms with van der Waals surface area (Å²) in [6.45, 7) is 0. The van der Waals surface area contributed by atoms with E-state index in [0.717, 1.165) is 4.47 Å². The molecule has 0 aliphatic carbocycles. The second-order valence-electron chi connectivity index (χ2n) is 4.63. The van der Waals surface area contributed by atoms with Crippen molar-refractivity contribution in [1.29, 1.82) is 5.26 Å². The summed E-state index contributed by atoms with van der Waals surface area (Å²) >= 11 is 15.2. The molecule has 24 heavy (non-hydrogen) atoms. The Morgan fingerprint density at radius 2 is 2.04 bits per heavy atom. The lowest BCUT2D eigenvalue weighted by molar-refractivity contribution is -0.112. The van der Waals surface area contributed by atoms with Crippen LogP contribution in [0.4, 0.5) is 5.69 Å². The third-order valence-electron chi connectivity index (χ3n) is 3.04. The van der Waals surface area contributed by atoms with Crippen molar-refractivity contribution in [3.8, 4) is 11.8 Å². The van der Waals surface area contributed by atoms with E-state index in [1.165, 1.54) is 19.3 Å². The smallest absolute Gasteiger partial charge is 0.266 e. The van der Waals surface area contributed by atoms with E-state index in [2.05, 4.69) is 21.2 Å². The van der Waals surface area contributed by atoms with Crippen LogP contribution >= 0.6 is 39.1 Å². The number of anilines is 1. The van der Waals surface area contributed by atoms with Crippen molar-refractivity contribution in [2.24, 2.45) is 0 Å². The highest BCUT2D eigenvalue weighted by Crippen LogP contribution is 2.27. The van der Waals surface area contributed by atoms with Gasteiger partial charge in [-0.3, -0.25) is 4.79 Å². The second-order valence-corrected chi connectivity index (χ2v) is 6.39. The van der Waals surface area contributed by atoms with Crippen molar-refractivity contribution in [2.75, 3.05) is 12.4 Å². The van der Waals surface area contributed by atoms with Crippen LogP contribution in [-0.2, 0) is 4.79 Å². The fourth-order valence-corrected chi connectivity index (χ4v) is 2.74. The Morgan fingerprint density at radius 1 is 1.29 bits per heavy atom. The van der Waals surface area contributed by atoms with Gasteiger partial charge in [-0.05, 0) is 42.5 Å². The molecule has 0 fully saturated rings. The van der Waals surface area contributed by atoms with Gasteiger partial charge in [0.05, 0.1) is 17.8 Å². The van der Waals surface area contributed by atoms with Gasteiger partial charge >= 0.3 is 0 Å². The molecule has 0 bridgehead atoms. The zero-order chi connectivity index (χ0) is 17.7. The number of nitrogens with zero attached hydrogens (tertiary/aromatic N) is 1. The van der Waals surface area contributed by atoms with Gasteiger partial charge in [-0.15, -0.1) is 0 Å². The number of hydrogen-bond acceptors (Lipinski definition) is 3. The maximum atomic E-state index is 12.3. The van der Waals surface area contributed by atoms with E-state index in [9.17, 15) is 10.1 Å². The summed E-state index contributed by atoms with van der Waals surface area (Å²) in [5.41, 5.74) is 0.881. The predicted octanol–water partition coefficient (Wildman–Crippen LogP) is 5.31. The van der Waals surface area contributed by atoms with E-state index in [0.29, 0.717) is 22.0 Å². The first kappa shape index (κ1) is 18.3. The molecular formula is C17H11BrCl2N2O2. The van der Waals surface area contributed by atoms with Gasteiger partial charge in [-0.2, -0.15) is 5.26 Å². The first-order chi connectivity index (χ1) is 11.4. The lowest BCUT2D eigenvalue weighted by Crippen LogP contribution is -2.13. The lowest BCUT2D eigenvalue weighted by Gasteiger charge is -2.08. The van der Waals surface area contributed by atoms with Gasteiger partial charge in [-0.25, -0.2) is 0 Å². The van der Waals surface area contributed by atoms with Crippen LogP contribution in [0, 0.1) is 11.3 Å². The fourth-order valence-electron chi connectivity index (χ4n) is 1.90. The molecule has 0 atom stereocenters. The third kappa shape index (κ3) is 4.51. The standard InChI is InChI=1S/C17H11BrCl2N2O2/c1-24-16-5-2-12(18)7-10(16)6-11(9-21)17(23)22-15-4-3-13(19)8-14(15)20/h2-8H,1H3,(H,22,23)/b11-6+. The van der Waals surface area contributed by atoms with Crippen LogP contribution in [0.3, 0.4) is 0 Å². The maximum Gasteiger partial charge on any atom is 0.266 e. The normalized spacial score (nSPS) is 10.9. The van der Waals surface area contributed by atoms with E-state index in [1.54, 1.807) is 30.3 Å². The van der Waals surface area contributed by atoms with Crippen molar-refractivity contribution in [3.05, 3.63) is 62.1 Å². The van der Waals surface area contributed by atoms with Crippen LogP contribution < -0.4 is 10.1 Å². The van der Waals surface area contributed by atoms with Crippen molar-refractivity contribution >= 4 is 56.8 Å². The van der Waals surface area contributed by atoms with Crippen molar-refractivity contribution in [1.82, 2.24) is 0 Å². The Labute approximate surface area is 157 Å². The second kappa shape index (κ2) is 8.20. The molecule has 1 N–H and O–H groups in total. The summed E-state index contributed by atoms with van der Waals surface area (Å²) in [6.07, 6.45) is 1.45. The highest BCUT2D eigenvalue weighted by atomic mass is 79.9. The molecule has 0 aliphatic rings. The molecule has 122 valence electrons. The Balaban J connectivity index is 2.32. The van der Waals surface area contributed by atoms with Crippen molar-refractivity contribution in [3.63, 3.8) is 0 Å². The van der Waals surface area contributed by atoms with Gasteiger partial charge in [0.15, 0.2) is 0 Å². The van der Waals surface area contributed by atoms with E-state index in [4.69, 9.17) is 27.9 Å². The number of halogens is 3. The Bertz CT molecular complexity index is 860. The highest BCUT2D eigenvalue weighted by Gasteiger charge is 2.13. The highest BCUT2D eigenvalue weighted by molar-refractivity contribution is 9.10. The molecule has 0 aliphatic heterocycles. The number of nitrogens with one attached hydrogen (secondary N) is 1. The van der Waals surface area contributed by atoms with Crippen LogP contribution in [-0.4, -0.2) is 13.0 Å². The number of benzene rings is 2. The van der Waals surface area contributed by atoms with Crippen LogP contribution in [0.25, 0.3) is 6.08 Å². The molecule has 0 unspecified atom stereocenters. The van der Waals surface area contributed by atoms with Gasteiger partial charge in [0, 0.05) is 15.1 Å². The van der Waals surface area contributed by atoms with Crippen molar-refractivity contribution < 1.29 is 9.53 Å². The average Bonchev–Trinajstić information content (AvgIpc) is 2.55. The SMILES string of the molecule is COc1ccc(Br)cc1/C=C(\C#N)C(=O)Nc1ccc(Cl)cc1Cl. The van der Waals surface area contributed by atoms with Gasteiger partial charge in [-0.1, -0.05) is 39.1 Å². The van der Waals surface area contributed by atoms with Gasteiger partial charge in [0.2, 0.25) is 0 Å². The van der Waals surface area contributed by atoms with E-state index >= 15 is 0 Å². The Hall–Kier alpha value is -2.00. The summed E-state index contributed by atoms with van der Waals surface area (Å²) in [7, 11) is 1.51. The Kier molecular flexibility index (Phi) is 6.27. The third-order valence-corrected chi connectivity index (χ3v) is 4.08. The number of ether oxygens (including phenoxy) is 1. The number of hydrogen-bond donors (Lipinski definition) is 1. The van der Waals surface area contributed by atoms with E-state index < -0.39 is 5.91 Å². The summed E-state index contributed by atoms with van der Waals surface area (Å²) < 4.78 is 6.03. The topological polar surface area (TPSA) is 62.1 Å². The molecule has 2 aromatic rings. The number of methoxy groups -OCH3 is 1. The monoisotopic (exact) mass is 424 g/mol. The minimum Gasteiger partial charge on any atom is -0.496 e. The molecule has 0 spiro atoms. The molecule has 0 heterocycles. The molecule has 0 saturated heterocycles. The van der Waals surface area contributed by atoms with E-state index in [-0.39, 0.29) is 10.6 Å². The molecule has 0 radical (unpaired) electrons. The summed E-state index contributed by atoms with van der Waals surface area (Å²) in [4.78, 5) is 12.3. The largest absolute Gasteiger partial charge is 0.496 e. The maximum absolute atomic E-state index is 12.3. The quantitative estimate of drug-likeness (QED) is 0.533. The molecule has 2 aromatic carbocycles. The minimum atomic E-state index is -0.580. The number of amides is 1.